The van der Waals surface area contributed by atoms with E-state index >= 15 is 0 Å². The van der Waals surface area contributed by atoms with Crippen LogP contribution in [0.5, 0.6) is 0 Å². The molecule has 1 fully saturated rings. The van der Waals surface area contributed by atoms with E-state index in [4.69, 9.17) is 4.52 Å². The van der Waals surface area contributed by atoms with E-state index < -0.39 is 0 Å². The van der Waals surface area contributed by atoms with Crippen molar-refractivity contribution in [1.29, 1.82) is 0 Å². The Morgan fingerprint density at radius 1 is 1.30 bits per heavy atom. The van der Waals surface area contributed by atoms with Gasteiger partial charge in [0.25, 0.3) is 11.8 Å². The number of benzene rings is 1. The maximum Gasteiger partial charge on any atom is 0.266 e. The van der Waals surface area contributed by atoms with Gasteiger partial charge in [0, 0.05) is 24.7 Å². The zero-order chi connectivity index (χ0) is 18.2. The molecule has 0 radical (unpaired) electrons. The van der Waals surface area contributed by atoms with Gasteiger partial charge in [-0.15, -0.1) is 0 Å². The minimum Gasteiger partial charge on any atom is -0.365 e. The molecule has 9 nitrogen and oxygen atoms in total. The molecule has 1 aliphatic rings. The van der Waals surface area contributed by atoms with Gasteiger partial charge in [-0.1, -0.05) is 17.7 Å². The van der Waals surface area contributed by atoms with Crippen LogP contribution in [0.2, 0.25) is 0 Å². The predicted molar refractivity (Wildman–Crippen MR) is 100 cm³/mol. The summed E-state index contributed by atoms with van der Waals surface area (Å²) in [6.45, 7) is 3.67. The molecule has 136 valence electrons. The lowest BCUT2D eigenvalue weighted by molar-refractivity contribution is 0.430. The van der Waals surface area contributed by atoms with E-state index in [9.17, 15) is 0 Å². The Bertz CT molecular complexity index is 1090. The maximum atomic E-state index is 5.46. The summed E-state index contributed by atoms with van der Waals surface area (Å²) < 4.78 is 5.46. The molecule has 3 aromatic heterocycles. The van der Waals surface area contributed by atoms with Crippen molar-refractivity contribution >= 4 is 22.8 Å². The Morgan fingerprint density at radius 3 is 3.19 bits per heavy atom. The van der Waals surface area contributed by atoms with E-state index in [1.807, 2.05) is 31.2 Å². The number of fused-ring (bicyclic) bond motifs is 1. The Kier molecular flexibility index (Phi) is 3.70. The molecule has 4 heterocycles. The molecule has 2 N–H and O–H groups in total. The molecule has 1 saturated heterocycles. The van der Waals surface area contributed by atoms with E-state index in [1.54, 1.807) is 6.20 Å². The number of nitrogens with one attached hydrogen (secondary N) is 2. The third kappa shape index (κ3) is 2.97. The first-order valence-corrected chi connectivity index (χ1v) is 8.82. The molecule has 1 aliphatic heterocycles. The third-order valence-electron chi connectivity index (χ3n) is 4.74. The van der Waals surface area contributed by atoms with Crippen LogP contribution in [-0.2, 0) is 0 Å². The van der Waals surface area contributed by atoms with Crippen molar-refractivity contribution in [3.8, 4) is 11.5 Å². The van der Waals surface area contributed by atoms with E-state index in [2.05, 4.69) is 40.5 Å². The molecule has 0 unspecified atom stereocenters. The minimum atomic E-state index is 0.235. The van der Waals surface area contributed by atoms with E-state index in [0.717, 1.165) is 47.5 Å². The average molecular weight is 362 g/mol. The van der Waals surface area contributed by atoms with Gasteiger partial charge in [-0.3, -0.25) is 5.10 Å². The molecule has 0 bridgehead atoms. The molecule has 1 aromatic carbocycles. The van der Waals surface area contributed by atoms with Crippen molar-refractivity contribution in [1.82, 2.24) is 30.3 Å². The number of nitrogens with zero attached hydrogens (tertiary/aromatic N) is 6. The van der Waals surface area contributed by atoms with Crippen LogP contribution in [-0.4, -0.2) is 49.4 Å². The van der Waals surface area contributed by atoms with E-state index in [-0.39, 0.29) is 6.04 Å². The fourth-order valence-electron chi connectivity index (χ4n) is 3.37. The lowest BCUT2D eigenvalue weighted by atomic mass is 10.1. The van der Waals surface area contributed by atoms with Crippen LogP contribution >= 0.6 is 0 Å². The first-order valence-electron chi connectivity index (χ1n) is 8.82. The Hall–Kier alpha value is -3.49. The van der Waals surface area contributed by atoms with Gasteiger partial charge in [-0.05, 0) is 30.6 Å². The zero-order valence-electron chi connectivity index (χ0n) is 14.8. The first kappa shape index (κ1) is 15.7. The first-order chi connectivity index (χ1) is 13.3. The van der Waals surface area contributed by atoms with E-state index in [0.29, 0.717) is 11.8 Å². The number of aromatic amines is 1. The second-order valence-electron chi connectivity index (χ2n) is 6.70. The van der Waals surface area contributed by atoms with Crippen molar-refractivity contribution in [2.75, 3.05) is 23.3 Å². The topological polar surface area (TPSA) is 109 Å². The summed E-state index contributed by atoms with van der Waals surface area (Å²) in [6, 6.07) is 8.28. The van der Waals surface area contributed by atoms with Crippen molar-refractivity contribution in [2.45, 2.75) is 19.4 Å². The number of aryl methyl sites for hydroxylation is 1. The number of aromatic nitrogens is 6. The summed E-state index contributed by atoms with van der Waals surface area (Å²) in [5.74, 6) is 1.95. The fourth-order valence-corrected chi connectivity index (χ4v) is 3.37. The summed E-state index contributed by atoms with van der Waals surface area (Å²) in [6.07, 6.45) is 4.22. The van der Waals surface area contributed by atoms with Gasteiger partial charge in [-0.25, -0.2) is 9.97 Å². The number of rotatable bonds is 4. The number of H-pyrrole nitrogens is 1. The van der Waals surface area contributed by atoms with Gasteiger partial charge in [-0.2, -0.15) is 10.1 Å². The van der Waals surface area contributed by atoms with Gasteiger partial charge >= 0.3 is 0 Å². The van der Waals surface area contributed by atoms with Crippen molar-refractivity contribution in [3.63, 3.8) is 0 Å². The molecule has 0 saturated carbocycles. The van der Waals surface area contributed by atoms with Crippen molar-refractivity contribution < 1.29 is 4.52 Å². The third-order valence-corrected chi connectivity index (χ3v) is 4.74. The highest BCUT2D eigenvalue weighted by molar-refractivity contribution is 5.85. The monoisotopic (exact) mass is 362 g/mol. The number of hydrogen-bond acceptors (Lipinski definition) is 8. The normalized spacial score (nSPS) is 16.9. The molecular weight excluding hydrogens is 344 g/mol. The van der Waals surface area contributed by atoms with Crippen LogP contribution in [0.3, 0.4) is 0 Å². The van der Waals surface area contributed by atoms with Crippen LogP contribution in [0.4, 0.5) is 11.8 Å². The summed E-state index contributed by atoms with van der Waals surface area (Å²) in [5, 5.41) is 15.4. The molecule has 0 amide bonds. The highest BCUT2D eigenvalue weighted by atomic mass is 16.5. The Balaban J connectivity index is 1.30. The van der Waals surface area contributed by atoms with Gasteiger partial charge in [0.05, 0.1) is 11.6 Å². The van der Waals surface area contributed by atoms with Crippen LogP contribution < -0.4 is 10.2 Å². The molecule has 27 heavy (non-hydrogen) atoms. The molecule has 4 aromatic rings. The Labute approximate surface area is 154 Å². The average Bonchev–Trinajstić information content (AvgIpc) is 3.42. The lowest BCUT2D eigenvalue weighted by Gasteiger charge is -2.15. The van der Waals surface area contributed by atoms with E-state index in [1.165, 1.54) is 6.33 Å². The Morgan fingerprint density at radius 2 is 2.26 bits per heavy atom. The van der Waals surface area contributed by atoms with Crippen LogP contribution in [0.25, 0.3) is 22.5 Å². The van der Waals surface area contributed by atoms with Crippen molar-refractivity contribution in [3.05, 3.63) is 42.4 Å². The fraction of sp³-hybridized carbons (Fsp3) is 0.278. The van der Waals surface area contributed by atoms with Crippen molar-refractivity contribution in [2.24, 2.45) is 0 Å². The second kappa shape index (κ2) is 6.35. The SMILES string of the molecule is Cc1cccc(-c2nc(N3CC[C@H](Nc4ncnc5[nH]ncc45)C3)no2)c1. The largest absolute Gasteiger partial charge is 0.365 e. The van der Waals surface area contributed by atoms with Crippen LogP contribution in [0.15, 0.2) is 41.3 Å². The van der Waals surface area contributed by atoms with Gasteiger partial charge in [0.2, 0.25) is 0 Å². The predicted octanol–water partition coefficient (Wildman–Crippen LogP) is 2.40. The number of hydrogen-bond donors (Lipinski definition) is 2. The lowest BCUT2D eigenvalue weighted by Crippen LogP contribution is -2.27. The molecular formula is C18H18N8O. The molecule has 9 heteroatoms. The van der Waals surface area contributed by atoms with Gasteiger partial charge in [0.1, 0.15) is 12.1 Å². The molecule has 0 aliphatic carbocycles. The quantitative estimate of drug-likeness (QED) is 0.570. The van der Waals surface area contributed by atoms with Crippen LogP contribution in [0.1, 0.15) is 12.0 Å². The number of anilines is 2. The molecule has 5 rings (SSSR count). The zero-order valence-corrected chi connectivity index (χ0v) is 14.8. The maximum absolute atomic E-state index is 5.46. The summed E-state index contributed by atoms with van der Waals surface area (Å²) in [5.41, 5.74) is 2.82. The van der Waals surface area contributed by atoms with Gasteiger partial charge in [0.15, 0.2) is 5.65 Å². The van der Waals surface area contributed by atoms with Gasteiger partial charge < -0.3 is 14.7 Å². The van der Waals surface area contributed by atoms with Crippen LogP contribution in [0, 0.1) is 6.92 Å². The summed E-state index contributed by atoms with van der Waals surface area (Å²) in [7, 11) is 0. The highest BCUT2D eigenvalue weighted by Gasteiger charge is 2.27. The molecule has 1 atom stereocenters. The standard InChI is InChI=1S/C18H18N8O/c1-11-3-2-4-12(7-11)17-23-18(25-27-17)26-6-5-13(9-26)22-15-14-8-21-24-16(14)20-10-19-15/h2-4,7-8,10,13H,5-6,9H2,1H3,(H2,19,20,21,22,24)/t13-/m0/s1. The highest BCUT2D eigenvalue weighted by Crippen LogP contribution is 2.25. The summed E-state index contributed by atoms with van der Waals surface area (Å²) in [4.78, 5) is 15.2. The smallest absolute Gasteiger partial charge is 0.266 e. The molecule has 0 spiro atoms. The minimum absolute atomic E-state index is 0.235. The summed E-state index contributed by atoms with van der Waals surface area (Å²) >= 11 is 0. The second-order valence-corrected chi connectivity index (χ2v) is 6.70.